The second kappa shape index (κ2) is 7.32. The summed E-state index contributed by atoms with van der Waals surface area (Å²) in [5.41, 5.74) is 8.50. The topological polar surface area (TPSA) is 95.0 Å². The van der Waals surface area contributed by atoms with E-state index >= 15 is 0 Å². The number of aromatic nitrogens is 1. The Morgan fingerprint density at radius 1 is 1.30 bits per heavy atom. The van der Waals surface area contributed by atoms with Crippen molar-refractivity contribution < 1.29 is 5.11 Å². The van der Waals surface area contributed by atoms with E-state index in [0.29, 0.717) is 16.8 Å². The minimum absolute atomic E-state index is 0. The number of phenols is 1. The van der Waals surface area contributed by atoms with Crippen LogP contribution in [0.3, 0.4) is 0 Å². The maximum Gasteiger partial charge on any atom is 0.142 e. The van der Waals surface area contributed by atoms with E-state index in [0.717, 1.165) is 31.4 Å². The van der Waals surface area contributed by atoms with Crippen molar-refractivity contribution in [3.05, 3.63) is 41.5 Å². The Labute approximate surface area is 141 Å². The van der Waals surface area contributed by atoms with Gasteiger partial charge >= 0.3 is 0 Å². The van der Waals surface area contributed by atoms with Gasteiger partial charge in [-0.3, -0.25) is 0 Å². The van der Waals surface area contributed by atoms with Gasteiger partial charge in [-0.25, -0.2) is 4.98 Å². The fraction of sp³-hybridized carbons (Fsp3) is 0.294. The number of nitriles is 1. The van der Waals surface area contributed by atoms with Crippen molar-refractivity contribution in [1.29, 1.82) is 5.26 Å². The van der Waals surface area contributed by atoms with Gasteiger partial charge in [-0.1, -0.05) is 18.6 Å². The molecule has 1 saturated heterocycles. The van der Waals surface area contributed by atoms with Crippen LogP contribution in [0.15, 0.2) is 30.3 Å². The highest BCUT2D eigenvalue weighted by molar-refractivity contribution is 5.85. The van der Waals surface area contributed by atoms with Gasteiger partial charge in [0.15, 0.2) is 0 Å². The normalized spacial score (nSPS) is 17.1. The van der Waals surface area contributed by atoms with Crippen LogP contribution in [0.2, 0.25) is 0 Å². The van der Waals surface area contributed by atoms with Gasteiger partial charge in [-0.2, -0.15) is 5.26 Å². The first-order valence-corrected chi connectivity index (χ1v) is 7.43. The van der Waals surface area contributed by atoms with E-state index in [9.17, 15) is 10.4 Å². The second-order valence-corrected chi connectivity index (χ2v) is 5.49. The number of nitrogen functional groups attached to an aromatic ring is 1. The molecule has 2 aromatic rings. The van der Waals surface area contributed by atoms with Gasteiger partial charge in [0.05, 0.1) is 11.3 Å². The van der Waals surface area contributed by atoms with Gasteiger partial charge < -0.3 is 16.2 Å². The molecule has 4 N–H and O–H groups in total. The molecule has 0 radical (unpaired) electrons. The van der Waals surface area contributed by atoms with Crippen molar-refractivity contribution in [1.82, 2.24) is 10.3 Å². The number of anilines is 1. The minimum Gasteiger partial charge on any atom is -0.507 e. The summed E-state index contributed by atoms with van der Waals surface area (Å²) in [7, 11) is 0. The summed E-state index contributed by atoms with van der Waals surface area (Å²) in [6, 6.07) is 11.1. The summed E-state index contributed by atoms with van der Waals surface area (Å²) in [4.78, 5) is 4.30. The summed E-state index contributed by atoms with van der Waals surface area (Å²) in [6.07, 6.45) is 3.24. The zero-order valence-corrected chi connectivity index (χ0v) is 13.4. The largest absolute Gasteiger partial charge is 0.507 e. The summed E-state index contributed by atoms with van der Waals surface area (Å²) in [5, 5.41) is 22.9. The van der Waals surface area contributed by atoms with Gasteiger partial charge in [0.25, 0.3) is 0 Å². The van der Waals surface area contributed by atoms with Gasteiger partial charge in [-0.15, -0.1) is 12.4 Å². The van der Waals surface area contributed by atoms with Crippen LogP contribution >= 0.6 is 12.4 Å². The molecule has 1 aromatic heterocycles. The van der Waals surface area contributed by atoms with E-state index in [1.165, 1.54) is 0 Å². The lowest BCUT2D eigenvalue weighted by Crippen LogP contribution is -2.27. The number of hydrogen-bond acceptors (Lipinski definition) is 5. The maximum absolute atomic E-state index is 10.0. The van der Waals surface area contributed by atoms with E-state index in [-0.39, 0.29) is 30.0 Å². The van der Waals surface area contributed by atoms with E-state index < -0.39 is 0 Å². The molecule has 1 aliphatic rings. The highest BCUT2D eigenvalue weighted by Gasteiger charge is 2.22. The zero-order chi connectivity index (χ0) is 15.5. The molecule has 120 valence electrons. The fourth-order valence-corrected chi connectivity index (χ4v) is 2.93. The summed E-state index contributed by atoms with van der Waals surface area (Å²) in [6.45, 7) is 0.934. The van der Waals surface area contributed by atoms with Crippen molar-refractivity contribution in [3.63, 3.8) is 0 Å². The number of nitrogens with two attached hydrogens (primary N) is 1. The van der Waals surface area contributed by atoms with Crippen LogP contribution in [0, 0.1) is 11.3 Å². The molecule has 1 fully saturated rings. The predicted molar refractivity (Wildman–Crippen MR) is 92.3 cm³/mol. The second-order valence-electron chi connectivity index (χ2n) is 5.49. The molecule has 5 nitrogen and oxygen atoms in total. The minimum atomic E-state index is 0. The van der Waals surface area contributed by atoms with Crippen LogP contribution in [0.1, 0.15) is 36.4 Å². The van der Waals surface area contributed by atoms with Gasteiger partial charge in [0.1, 0.15) is 17.6 Å². The number of halogens is 1. The number of nitrogens with one attached hydrogen (secondary N) is 1. The van der Waals surface area contributed by atoms with Crippen molar-refractivity contribution >= 4 is 18.2 Å². The van der Waals surface area contributed by atoms with Crippen molar-refractivity contribution in [2.75, 3.05) is 12.3 Å². The molecule has 2 heterocycles. The Morgan fingerprint density at radius 3 is 2.74 bits per heavy atom. The van der Waals surface area contributed by atoms with Gasteiger partial charge in [0.2, 0.25) is 0 Å². The van der Waals surface area contributed by atoms with Gasteiger partial charge in [0, 0.05) is 11.6 Å². The Kier molecular flexibility index (Phi) is 5.43. The molecule has 1 aliphatic heterocycles. The lowest BCUT2D eigenvalue weighted by atomic mass is 9.93. The lowest BCUT2D eigenvalue weighted by molar-refractivity contribution is 0.412. The summed E-state index contributed by atoms with van der Waals surface area (Å²) in [5.74, 6) is 0.368. The Balaban J connectivity index is 0.00000192. The van der Waals surface area contributed by atoms with E-state index in [4.69, 9.17) is 5.73 Å². The maximum atomic E-state index is 10.0. The first-order chi connectivity index (χ1) is 10.7. The molecule has 3 rings (SSSR count). The Morgan fingerprint density at radius 2 is 2.09 bits per heavy atom. The molecule has 0 amide bonds. The van der Waals surface area contributed by atoms with Crippen molar-refractivity contribution in [2.45, 2.75) is 25.3 Å². The molecule has 0 bridgehead atoms. The number of aromatic hydroxyl groups is 1. The van der Waals surface area contributed by atoms with Crippen LogP contribution in [0.4, 0.5) is 5.82 Å². The predicted octanol–water partition coefficient (Wildman–Crippen LogP) is 3.14. The molecular weight excluding hydrogens is 312 g/mol. The number of phenolic OH excluding ortho intramolecular Hbond substituents is 1. The third kappa shape index (κ3) is 3.39. The molecular formula is C17H19ClN4O. The molecule has 0 aliphatic carbocycles. The summed E-state index contributed by atoms with van der Waals surface area (Å²) >= 11 is 0. The average Bonchev–Trinajstić information content (AvgIpc) is 2.55. The Bertz CT molecular complexity index is 736. The molecule has 23 heavy (non-hydrogen) atoms. The number of pyridine rings is 1. The van der Waals surface area contributed by atoms with Gasteiger partial charge in [-0.05, 0) is 43.1 Å². The van der Waals surface area contributed by atoms with E-state index in [1.54, 1.807) is 18.2 Å². The average molecular weight is 331 g/mol. The smallest absolute Gasteiger partial charge is 0.142 e. The molecule has 0 saturated carbocycles. The van der Waals surface area contributed by atoms with E-state index in [1.807, 2.05) is 12.1 Å². The fourth-order valence-electron chi connectivity index (χ4n) is 2.93. The SMILES string of the molecule is Cl.N#Cc1c(C2CCCCN2)cc(-c2ccccc2O)nc1N. The molecule has 1 unspecified atom stereocenters. The lowest BCUT2D eigenvalue weighted by Gasteiger charge is -2.25. The first kappa shape index (κ1) is 17.1. The van der Waals surface area contributed by atoms with E-state index in [2.05, 4.69) is 16.4 Å². The monoisotopic (exact) mass is 330 g/mol. The van der Waals surface area contributed by atoms with Crippen molar-refractivity contribution in [3.8, 4) is 23.1 Å². The quantitative estimate of drug-likeness (QED) is 0.786. The molecule has 0 spiro atoms. The van der Waals surface area contributed by atoms with Crippen LogP contribution in [-0.4, -0.2) is 16.6 Å². The number of para-hydroxylation sites is 1. The third-order valence-corrected chi connectivity index (χ3v) is 4.06. The number of nitrogens with zero attached hydrogens (tertiary/aromatic N) is 2. The summed E-state index contributed by atoms with van der Waals surface area (Å²) < 4.78 is 0. The van der Waals surface area contributed by atoms with Crippen LogP contribution in [0.5, 0.6) is 5.75 Å². The number of hydrogen-bond donors (Lipinski definition) is 3. The third-order valence-electron chi connectivity index (χ3n) is 4.06. The Hall–Kier alpha value is -2.29. The van der Waals surface area contributed by atoms with Crippen LogP contribution in [-0.2, 0) is 0 Å². The zero-order valence-electron chi connectivity index (χ0n) is 12.6. The standard InChI is InChI=1S/C17H18N4O.ClH/c18-10-13-12(14-6-3-4-8-20-14)9-15(21-17(13)19)11-5-1-2-7-16(11)22;/h1-2,5,7,9,14,20,22H,3-4,6,8H2,(H2,19,21);1H. The highest BCUT2D eigenvalue weighted by Crippen LogP contribution is 2.34. The van der Waals surface area contributed by atoms with Crippen LogP contribution in [0.25, 0.3) is 11.3 Å². The molecule has 1 atom stereocenters. The molecule has 6 heteroatoms. The number of rotatable bonds is 2. The highest BCUT2D eigenvalue weighted by atomic mass is 35.5. The van der Waals surface area contributed by atoms with Crippen LogP contribution < -0.4 is 11.1 Å². The number of piperidine rings is 1. The molecule has 1 aromatic carbocycles. The number of benzene rings is 1. The first-order valence-electron chi connectivity index (χ1n) is 7.43. The van der Waals surface area contributed by atoms with Crippen molar-refractivity contribution in [2.24, 2.45) is 0 Å².